The lowest BCUT2D eigenvalue weighted by atomic mass is 10.2. The number of esters is 1. The summed E-state index contributed by atoms with van der Waals surface area (Å²) in [6.07, 6.45) is 4.78. The second-order valence-electron chi connectivity index (χ2n) is 4.02. The summed E-state index contributed by atoms with van der Waals surface area (Å²) in [7, 11) is 0. The van der Waals surface area contributed by atoms with Gasteiger partial charge in [-0.3, -0.25) is 4.79 Å². The van der Waals surface area contributed by atoms with Crippen molar-refractivity contribution in [1.82, 2.24) is 0 Å². The average molecular weight is 232 g/mol. The summed E-state index contributed by atoms with van der Waals surface area (Å²) in [6.45, 7) is 1.00. The Balaban J connectivity index is 1.75. The molecule has 0 aliphatic carbocycles. The number of ether oxygens (including phenoxy) is 2. The number of carbonyl (C=O) groups is 1. The van der Waals surface area contributed by atoms with Crippen LogP contribution in [0.4, 0.5) is 0 Å². The van der Waals surface area contributed by atoms with E-state index in [2.05, 4.69) is 0 Å². The molecule has 0 N–H and O–H groups in total. The van der Waals surface area contributed by atoms with Gasteiger partial charge in [0.05, 0.1) is 19.6 Å². The Morgan fingerprint density at radius 1 is 1.24 bits per heavy atom. The number of hydrogen-bond acceptors (Lipinski definition) is 3. The van der Waals surface area contributed by atoms with E-state index < -0.39 is 0 Å². The first-order valence-corrected chi connectivity index (χ1v) is 5.81. The highest BCUT2D eigenvalue weighted by molar-refractivity contribution is 5.71. The number of rotatable bonds is 4. The summed E-state index contributed by atoms with van der Waals surface area (Å²) >= 11 is 0. The molecule has 0 unspecified atom stereocenters. The summed E-state index contributed by atoms with van der Waals surface area (Å²) in [5.41, 5.74) is 1.13. The lowest BCUT2D eigenvalue weighted by Crippen LogP contribution is -2.21. The molecule has 0 spiro atoms. The molecule has 1 aromatic carbocycles. The molecule has 0 aromatic heterocycles. The van der Waals surface area contributed by atoms with Crippen LogP contribution in [0, 0.1) is 0 Å². The van der Waals surface area contributed by atoms with Crippen LogP contribution in [0.2, 0.25) is 0 Å². The predicted molar refractivity (Wildman–Crippen MR) is 64.4 cm³/mol. The molecule has 3 heteroatoms. The quantitative estimate of drug-likeness (QED) is 0.591. The van der Waals surface area contributed by atoms with Gasteiger partial charge in [0, 0.05) is 6.42 Å². The van der Waals surface area contributed by atoms with Crippen molar-refractivity contribution < 1.29 is 14.3 Å². The fourth-order valence-electron chi connectivity index (χ4n) is 1.69. The minimum absolute atomic E-state index is 0.148. The normalized spacial score (nSPS) is 19.8. The Bertz CT molecular complexity index is 384. The summed E-state index contributed by atoms with van der Waals surface area (Å²) in [5, 5.41) is 0. The van der Waals surface area contributed by atoms with Crippen molar-refractivity contribution in [2.45, 2.75) is 25.6 Å². The topological polar surface area (TPSA) is 35.5 Å². The van der Waals surface area contributed by atoms with E-state index in [4.69, 9.17) is 9.47 Å². The molecular weight excluding hydrogens is 216 g/mol. The molecule has 17 heavy (non-hydrogen) atoms. The number of cyclic esters (lactones) is 1. The minimum atomic E-state index is -0.174. The molecule has 0 fully saturated rings. The van der Waals surface area contributed by atoms with Crippen LogP contribution in [0.15, 0.2) is 42.5 Å². The van der Waals surface area contributed by atoms with Crippen LogP contribution in [-0.2, 0) is 20.9 Å². The van der Waals surface area contributed by atoms with Crippen molar-refractivity contribution in [3.8, 4) is 0 Å². The van der Waals surface area contributed by atoms with Gasteiger partial charge in [0.2, 0.25) is 0 Å². The molecule has 1 heterocycles. The van der Waals surface area contributed by atoms with Crippen molar-refractivity contribution in [2.75, 3.05) is 6.61 Å². The van der Waals surface area contributed by atoms with E-state index in [9.17, 15) is 4.79 Å². The second-order valence-corrected chi connectivity index (χ2v) is 4.02. The van der Waals surface area contributed by atoms with Gasteiger partial charge in [0.1, 0.15) is 6.10 Å². The molecular formula is C14H16O3. The van der Waals surface area contributed by atoms with E-state index in [-0.39, 0.29) is 12.1 Å². The van der Waals surface area contributed by atoms with Crippen LogP contribution < -0.4 is 0 Å². The molecule has 0 saturated carbocycles. The molecule has 90 valence electrons. The molecule has 0 amide bonds. The second kappa shape index (κ2) is 6.21. The van der Waals surface area contributed by atoms with Crippen molar-refractivity contribution in [3.05, 3.63) is 48.0 Å². The van der Waals surface area contributed by atoms with Gasteiger partial charge >= 0.3 is 5.97 Å². The Hall–Kier alpha value is -1.61. The van der Waals surface area contributed by atoms with Gasteiger partial charge in [-0.15, -0.1) is 0 Å². The highest BCUT2D eigenvalue weighted by Crippen LogP contribution is 2.09. The summed E-state index contributed by atoms with van der Waals surface area (Å²) in [4.78, 5) is 11.2. The molecule has 1 atom stereocenters. The number of hydrogen-bond donors (Lipinski definition) is 0. The average Bonchev–Trinajstić information content (AvgIpc) is 2.55. The maximum absolute atomic E-state index is 11.2. The van der Waals surface area contributed by atoms with Crippen LogP contribution >= 0.6 is 0 Å². The monoisotopic (exact) mass is 232 g/mol. The Morgan fingerprint density at radius 2 is 2.06 bits per heavy atom. The lowest BCUT2D eigenvalue weighted by molar-refractivity contribution is -0.150. The SMILES string of the molecule is O=C1CC=CC[C@@H](COCc2ccccc2)O1. The summed E-state index contributed by atoms with van der Waals surface area (Å²) < 4.78 is 10.8. The smallest absolute Gasteiger partial charge is 0.309 e. The highest BCUT2D eigenvalue weighted by Gasteiger charge is 2.15. The van der Waals surface area contributed by atoms with Gasteiger partial charge in [0.15, 0.2) is 0 Å². The van der Waals surface area contributed by atoms with E-state index in [1.165, 1.54) is 0 Å². The Labute approximate surface area is 101 Å². The predicted octanol–water partition coefficient (Wildman–Crippen LogP) is 2.47. The van der Waals surface area contributed by atoms with Crippen molar-refractivity contribution in [1.29, 1.82) is 0 Å². The lowest BCUT2D eigenvalue weighted by Gasteiger charge is -2.14. The first-order valence-electron chi connectivity index (χ1n) is 5.81. The van der Waals surface area contributed by atoms with E-state index >= 15 is 0 Å². The van der Waals surface area contributed by atoms with Crippen molar-refractivity contribution in [2.24, 2.45) is 0 Å². The maximum Gasteiger partial charge on any atom is 0.309 e. The zero-order chi connectivity index (χ0) is 11.9. The van der Waals surface area contributed by atoms with Gasteiger partial charge < -0.3 is 9.47 Å². The number of benzene rings is 1. The molecule has 3 nitrogen and oxygen atoms in total. The zero-order valence-electron chi connectivity index (χ0n) is 9.67. The molecule has 0 radical (unpaired) electrons. The van der Waals surface area contributed by atoms with Gasteiger partial charge in [-0.05, 0) is 5.56 Å². The molecule has 1 aliphatic heterocycles. The van der Waals surface area contributed by atoms with Crippen LogP contribution in [0.5, 0.6) is 0 Å². The third kappa shape index (κ3) is 4.04. The third-order valence-corrected chi connectivity index (χ3v) is 2.56. The number of carbonyl (C=O) groups excluding carboxylic acids is 1. The standard InChI is InChI=1S/C14H16O3/c15-14-9-5-4-8-13(17-14)11-16-10-12-6-2-1-3-7-12/h1-7,13H,8-11H2/t13-/m0/s1. The van der Waals surface area contributed by atoms with Gasteiger partial charge in [-0.25, -0.2) is 0 Å². The first kappa shape index (κ1) is 11.9. The van der Waals surface area contributed by atoms with Gasteiger partial charge in [-0.1, -0.05) is 42.5 Å². The summed E-state index contributed by atoms with van der Waals surface area (Å²) in [5.74, 6) is -0.174. The molecule has 0 saturated heterocycles. The van der Waals surface area contributed by atoms with Crippen molar-refractivity contribution >= 4 is 5.97 Å². The van der Waals surface area contributed by atoms with Crippen LogP contribution in [0.25, 0.3) is 0 Å². The first-order chi connectivity index (χ1) is 8.34. The molecule has 1 aromatic rings. The van der Waals surface area contributed by atoms with Crippen LogP contribution in [-0.4, -0.2) is 18.7 Å². The Morgan fingerprint density at radius 3 is 2.88 bits per heavy atom. The molecule has 2 rings (SSSR count). The molecule has 0 bridgehead atoms. The fourth-order valence-corrected chi connectivity index (χ4v) is 1.69. The summed E-state index contributed by atoms with van der Waals surface area (Å²) in [6, 6.07) is 9.96. The van der Waals surface area contributed by atoms with Crippen LogP contribution in [0.1, 0.15) is 18.4 Å². The van der Waals surface area contributed by atoms with E-state index in [0.717, 1.165) is 12.0 Å². The van der Waals surface area contributed by atoms with E-state index in [0.29, 0.717) is 19.6 Å². The largest absolute Gasteiger partial charge is 0.459 e. The minimum Gasteiger partial charge on any atom is -0.459 e. The fraction of sp³-hybridized carbons (Fsp3) is 0.357. The molecule has 1 aliphatic rings. The van der Waals surface area contributed by atoms with Gasteiger partial charge in [0.25, 0.3) is 0 Å². The van der Waals surface area contributed by atoms with E-state index in [1.54, 1.807) is 0 Å². The van der Waals surface area contributed by atoms with Gasteiger partial charge in [-0.2, -0.15) is 0 Å². The highest BCUT2D eigenvalue weighted by atomic mass is 16.6. The zero-order valence-corrected chi connectivity index (χ0v) is 9.67. The Kier molecular flexibility index (Phi) is 4.33. The third-order valence-electron chi connectivity index (χ3n) is 2.56. The van der Waals surface area contributed by atoms with E-state index in [1.807, 2.05) is 42.5 Å². The maximum atomic E-state index is 11.2. The van der Waals surface area contributed by atoms with Crippen molar-refractivity contribution in [3.63, 3.8) is 0 Å². The van der Waals surface area contributed by atoms with Crippen LogP contribution in [0.3, 0.4) is 0 Å².